The molecule has 2 aliphatic rings. The van der Waals surface area contributed by atoms with Crippen molar-refractivity contribution in [3.8, 4) is 11.1 Å². The van der Waals surface area contributed by atoms with Crippen molar-refractivity contribution in [1.82, 2.24) is 14.5 Å². The zero-order chi connectivity index (χ0) is 23.5. The van der Waals surface area contributed by atoms with Gasteiger partial charge in [0.15, 0.2) is 5.16 Å². The number of aromatic nitrogens is 2. The van der Waals surface area contributed by atoms with E-state index >= 15 is 0 Å². The summed E-state index contributed by atoms with van der Waals surface area (Å²) in [5.41, 5.74) is 1.86. The molecule has 1 saturated heterocycles. The number of thiophene rings is 1. The van der Waals surface area contributed by atoms with Gasteiger partial charge in [0.25, 0.3) is 5.56 Å². The summed E-state index contributed by atoms with van der Waals surface area (Å²) < 4.78 is 14.8. The minimum absolute atomic E-state index is 0.124. The zero-order valence-electron chi connectivity index (χ0n) is 19.4. The summed E-state index contributed by atoms with van der Waals surface area (Å²) >= 11 is 2.72. The molecule has 0 N–H and O–H groups in total. The number of likely N-dealkylation sites (tertiary alicyclic amines) is 1. The number of rotatable bonds is 4. The van der Waals surface area contributed by atoms with Gasteiger partial charge in [-0.3, -0.25) is 14.2 Å². The van der Waals surface area contributed by atoms with Crippen molar-refractivity contribution >= 4 is 39.2 Å². The van der Waals surface area contributed by atoms with E-state index in [0.717, 1.165) is 36.9 Å². The van der Waals surface area contributed by atoms with Crippen molar-refractivity contribution < 1.29 is 9.18 Å². The highest BCUT2D eigenvalue weighted by molar-refractivity contribution is 7.99. The van der Waals surface area contributed by atoms with Crippen molar-refractivity contribution in [1.29, 1.82) is 0 Å². The Hall–Kier alpha value is -2.19. The number of carbonyl (C=O) groups is 1. The van der Waals surface area contributed by atoms with Gasteiger partial charge >= 0.3 is 0 Å². The first kappa shape index (κ1) is 22.6. The molecule has 2 unspecified atom stereocenters. The van der Waals surface area contributed by atoms with E-state index in [1.807, 2.05) is 5.38 Å². The van der Waals surface area contributed by atoms with Crippen molar-refractivity contribution in [2.75, 3.05) is 12.3 Å². The lowest BCUT2D eigenvalue weighted by Gasteiger charge is -2.39. The van der Waals surface area contributed by atoms with E-state index in [-0.39, 0.29) is 33.9 Å². The van der Waals surface area contributed by atoms with Crippen LogP contribution in [-0.2, 0) is 11.8 Å². The van der Waals surface area contributed by atoms with Crippen molar-refractivity contribution in [3.05, 3.63) is 45.8 Å². The molecule has 1 amide bonds. The van der Waals surface area contributed by atoms with E-state index < -0.39 is 0 Å². The van der Waals surface area contributed by atoms with E-state index in [0.29, 0.717) is 21.4 Å². The topological polar surface area (TPSA) is 55.2 Å². The van der Waals surface area contributed by atoms with Gasteiger partial charge in [-0.25, -0.2) is 9.37 Å². The molecule has 0 spiro atoms. The summed E-state index contributed by atoms with van der Waals surface area (Å²) in [5.74, 6) is 0.0840. The van der Waals surface area contributed by atoms with E-state index in [2.05, 4.69) is 25.7 Å². The minimum atomic E-state index is -0.313. The standard InChI is InChI=1S/C25H28FN3O2S2/c1-24(2)9-17-10-25(3,13-24)14-29(17)19(30)12-33-23-27-21-20(22(31)28(23)4)18(11-32-21)15-5-7-16(26)8-6-15/h5-8,11,17H,9-10,12-14H2,1-4H3. The molecule has 8 heteroatoms. The predicted molar refractivity (Wildman–Crippen MR) is 132 cm³/mol. The quantitative estimate of drug-likeness (QED) is 0.371. The van der Waals surface area contributed by atoms with Gasteiger partial charge in [0, 0.05) is 30.6 Å². The lowest BCUT2D eigenvalue weighted by atomic mass is 9.65. The van der Waals surface area contributed by atoms with E-state index in [1.54, 1.807) is 19.2 Å². The molecule has 3 aromatic rings. The first-order valence-electron chi connectivity index (χ1n) is 11.2. The maximum Gasteiger partial charge on any atom is 0.263 e. The van der Waals surface area contributed by atoms with Gasteiger partial charge in [-0.15, -0.1) is 11.3 Å². The van der Waals surface area contributed by atoms with Crippen LogP contribution in [0.25, 0.3) is 21.3 Å². The SMILES string of the molecule is Cn1c(SCC(=O)N2CC3(C)CC2CC(C)(C)C3)nc2scc(-c3ccc(F)cc3)c2c1=O. The Morgan fingerprint density at radius 2 is 1.97 bits per heavy atom. The molecule has 5 rings (SSSR count). The van der Waals surface area contributed by atoms with E-state index in [1.165, 1.54) is 39.8 Å². The molecule has 2 atom stereocenters. The summed E-state index contributed by atoms with van der Waals surface area (Å²) in [6.45, 7) is 7.72. The van der Waals surface area contributed by atoms with Crippen molar-refractivity contribution in [2.45, 2.75) is 51.2 Å². The number of thioether (sulfide) groups is 1. The fourth-order valence-corrected chi connectivity index (χ4v) is 7.83. The fourth-order valence-electron chi connectivity index (χ4n) is 5.98. The van der Waals surface area contributed by atoms with E-state index in [4.69, 9.17) is 4.98 Å². The van der Waals surface area contributed by atoms with Crippen LogP contribution in [0.1, 0.15) is 40.0 Å². The van der Waals surface area contributed by atoms with Gasteiger partial charge in [-0.2, -0.15) is 0 Å². The molecule has 2 fully saturated rings. The second kappa shape index (κ2) is 7.94. The van der Waals surface area contributed by atoms with Crippen LogP contribution < -0.4 is 5.56 Å². The zero-order valence-corrected chi connectivity index (χ0v) is 21.0. The number of fused-ring (bicyclic) bond motifs is 3. The number of hydrogen-bond donors (Lipinski definition) is 0. The molecule has 2 bridgehead atoms. The van der Waals surface area contributed by atoms with Crippen LogP contribution in [0, 0.1) is 16.6 Å². The normalized spacial score (nSPS) is 23.9. The summed E-state index contributed by atoms with van der Waals surface area (Å²) in [7, 11) is 1.69. The van der Waals surface area contributed by atoms with Gasteiger partial charge in [0.2, 0.25) is 5.91 Å². The van der Waals surface area contributed by atoms with E-state index in [9.17, 15) is 14.0 Å². The monoisotopic (exact) mass is 485 g/mol. The molecule has 3 heterocycles. The van der Waals surface area contributed by atoms with Crippen LogP contribution in [0.4, 0.5) is 4.39 Å². The lowest BCUT2D eigenvalue weighted by molar-refractivity contribution is -0.129. The third-order valence-electron chi connectivity index (χ3n) is 6.99. The summed E-state index contributed by atoms with van der Waals surface area (Å²) in [6, 6.07) is 6.43. The van der Waals surface area contributed by atoms with Gasteiger partial charge < -0.3 is 4.90 Å². The maximum atomic E-state index is 13.3. The van der Waals surface area contributed by atoms with Crippen molar-refractivity contribution in [3.63, 3.8) is 0 Å². The second-order valence-electron chi connectivity index (χ2n) is 10.6. The molecular formula is C25H28FN3O2S2. The third kappa shape index (κ3) is 4.12. The maximum absolute atomic E-state index is 13.3. The summed E-state index contributed by atoms with van der Waals surface area (Å²) in [5, 5.41) is 2.97. The lowest BCUT2D eigenvalue weighted by Crippen LogP contribution is -2.38. The number of nitrogens with zero attached hydrogens (tertiary/aromatic N) is 3. The molecule has 2 aromatic heterocycles. The molecular weight excluding hydrogens is 457 g/mol. The average Bonchev–Trinajstić information content (AvgIpc) is 3.27. The van der Waals surface area contributed by atoms with Gasteiger partial charge in [0.1, 0.15) is 10.6 Å². The smallest absolute Gasteiger partial charge is 0.263 e. The number of benzene rings is 1. The highest BCUT2D eigenvalue weighted by Gasteiger charge is 2.50. The molecule has 0 radical (unpaired) electrons. The summed E-state index contributed by atoms with van der Waals surface area (Å²) in [6.07, 6.45) is 3.27. The van der Waals surface area contributed by atoms with Crippen LogP contribution in [0.15, 0.2) is 39.6 Å². The van der Waals surface area contributed by atoms with Crippen LogP contribution in [0.3, 0.4) is 0 Å². The molecule has 1 aliphatic heterocycles. The summed E-state index contributed by atoms with van der Waals surface area (Å²) in [4.78, 5) is 33.7. The Kier molecular flexibility index (Phi) is 5.44. The second-order valence-corrected chi connectivity index (χ2v) is 12.4. The van der Waals surface area contributed by atoms with Gasteiger partial charge in [-0.05, 0) is 47.8 Å². The minimum Gasteiger partial charge on any atom is -0.338 e. The Balaban J connectivity index is 1.37. The Morgan fingerprint density at radius 3 is 2.70 bits per heavy atom. The highest BCUT2D eigenvalue weighted by atomic mass is 32.2. The van der Waals surface area contributed by atoms with Crippen LogP contribution >= 0.6 is 23.1 Å². The predicted octanol–water partition coefficient (Wildman–Crippen LogP) is 5.32. The van der Waals surface area contributed by atoms with Crippen LogP contribution in [-0.4, -0.2) is 38.7 Å². The van der Waals surface area contributed by atoms with Gasteiger partial charge in [0.05, 0.1) is 11.1 Å². The first-order valence-corrected chi connectivity index (χ1v) is 13.1. The number of carbonyl (C=O) groups excluding carboxylic acids is 1. The van der Waals surface area contributed by atoms with Crippen molar-refractivity contribution in [2.24, 2.45) is 17.9 Å². The molecule has 1 aromatic carbocycles. The third-order valence-corrected chi connectivity index (χ3v) is 8.88. The first-order chi connectivity index (χ1) is 15.6. The van der Waals surface area contributed by atoms with Gasteiger partial charge in [-0.1, -0.05) is 44.7 Å². The largest absolute Gasteiger partial charge is 0.338 e. The molecule has 174 valence electrons. The molecule has 33 heavy (non-hydrogen) atoms. The number of halogens is 1. The Morgan fingerprint density at radius 1 is 1.24 bits per heavy atom. The number of hydrogen-bond acceptors (Lipinski definition) is 5. The molecule has 5 nitrogen and oxygen atoms in total. The highest BCUT2D eigenvalue weighted by Crippen LogP contribution is 2.52. The fraction of sp³-hybridized carbons (Fsp3) is 0.480. The van der Waals surface area contributed by atoms with Crippen LogP contribution in [0.5, 0.6) is 0 Å². The Bertz CT molecular complexity index is 1300. The van der Waals surface area contributed by atoms with Crippen LogP contribution in [0.2, 0.25) is 0 Å². The number of amides is 1. The molecule has 1 aliphatic carbocycles. The average molecular weight is 486 g/mol. The Labute approximate surface area is 201 Å². The molecule has 1 saturated carbocycles.